The number of rotatable bonds is 12. The van der Waals surface area contributed by atoms with Crippen molar-refractivity contribution in [1.29, 1.82) is 0 Å². The Morgan fingerprint density at radius 2 is 1.72 bits per heavy atom. The highest BCUT2D eigenvalue weighted by Crippen LogP contribution is 2.38. The van der Waals surface area contributed by atoms with E-state index in [4.69, 9.17) is 30.2 Å². The molecule has 0 amide bonds. The van der Waals surface area contributed by atoms with Gasteiger partial charge in [0.05, 0.1) is 31.8 Å². The standard InChI is InChI=1S/C27H39ClFNO5Si/c1-18(30-16-22(15-26(31)33-6)35-36(7,8)27(2,3)4)23-13-19(29)14-25(28)24(23)17-34-21-11-9-20(32-5)10-12-21/h9-14,18,22,30H,15-17H2,1-8H3/t18-,22-/m0/s1. The Kier molecular flexibility index (Phi) is 10.8. The van der Waals surface area contributed by atoms with Gasteiger partial charge in [0.25, 0.3) is 0 Å². The average molecular weight is 540 g/mol. The van der Waals surface area contributed by atoms with E-state index in [1.54, 1.807) is 31.4 Å². The SMILES string of the molecule is COC(=O)C[C@@H](CN[C@@H](C)c1cc(F)cc(Cl)c1COc1ccc(OC)cc1)O[Si](C)(C)C(C)(C)C. The van der Waals surface area contributed by atoms with Crippen LogP contribution >= 0.6 is 11.6 Å². The van der Waals surface area contributed by atoms with Gasteiger partial charge in [-0.25, -0.2) is 4.39 Å². The number of carbonyl (C=O) groups is 1. The van der Waals surface area contributed by atoms with E-state index >= 15 is 0 Å². The van der Waals surface area contributed by atoms with Gasteiger partial charge in [0.15, 0.2) is 8.32 Å². The molecule has 0 aliphatic heterocycles. The number of benzene rings is 2. The summed E-state index contributed by atoms with van der Waals surface area (Å²) >= 11 is 6.43. The van der Waals surface area contributed by atoms with Crippen molar-refractivity contribution >= 4 is 25.9 Å². The van der Waals surface area contributed by atoms with Crippen molar-refractivity contribution in [3.63, 3.8) is 0 Å². The Bertz CT molecular complexity index is 1010. The van der Waals surface area contributed by atoms with Crippen LogP contribution in [0.15, 0.2) is 36.4 Å². The van der Waals surface area contributed by atoms with Crippen molar-refractivity contribution in [3.05, 3.63) is 58.4 Å². The first-order chi connectivity index (χ1) is 16.8. The predicted octanol–water partition coefficient (Wildman–Crippen LogP) is 6.67. The zero-order valence-corrected chi connectivity index (χ0v) is 24.3. The molecule has 0 aliphatic carbocycles. The monoisotopic (exact) mass is 539 g/mol. The first-order valence-corrected chi connectivity index (χ1v) is 15.3. The van der Waals surface area contributed by atoms with Gasteiger partial charge in [0.1, 0.15) is 23.9 Å². The fourth-order valence-electron chi connectivity index (χ4n) is 3.43. The van der Waals surface area contributed by atoms with Gasteiger partial charge in [-0.2, -0.15) is 0 Å². The first-order valence-electron chi connectivity index (χ1n) is 12.0. The topological polar surface area (TPSA) is 66.0 Å². The van der Waals surface area contributed by atoms with E-state index in [-0.39, 0.29) is 41.2 Å². The highest BCUT2D eigenvalue weighted by Gasteiger charge is 2.39. The van der Waals surface area contributed by atoms with E-state index in [0.29, 0.717) is 23.4 Å². The lowest BCUT2D eigenvalue weighted by Crippen LogP contribution is -2.47. The quantitative estimate of drug-likeness (QED) is 0.240. The second-order valence-corrected chi connectivity index (χ2v) is 15.5. The first kappa shape index (κ1) is 30.1. The number of carbonyl (C=O) groups excluding carboxylic acids is 1. The van der Waals surface area contributed by atoms with Crippen molar-refractivity contribution in [2.75, 3.05) is 20.8 Å². The smallest absolute Gasteiger partial charge is 0.308 e. The van der Waals surface area contributed by atoms with Crippen molar-refractivity contribution in [2.24, 2.45) is 0 Å². The maximum Gasteiger partial charge on any atom is 0.308 e. The highest BCUT2D eigenvalue weighted by atomic mass is 35.5. The molecule has 2 atom stereocenters. The summed E-state index contributed by atoms with van der Waals surface area (Å²) in [6.07, 6.45) is -0.260. The molecule has 9 heteroatoms. The Labute approximate surface area is 220 Å². The van der Waals surface area contributed by atoms with Crippen LogP contribution in [-0.4, -0.2) is 41.2 Å². The summed E-state index contributed by atoms with van der Waals surface area (Å²) < 4.78 is 36.8. The number of nitrogens with one attached hydrogen (secondary N) is 1. The molecule has 0 saturated carbocycles. The lowest BCUT2D eigenvalue weighted by molar-refractivity contribution is -0.142. The Hall–Kier alpha value is -2.13. The molecule has 200 valence electrons. The molecule has 1 N–H and O–H groups in total. The highest BCUT2D eigenvalue weighted by molar-refractivity contribution is 6.74. The predicted molar refractivity (Wildman–Crippen MR) is 144 cm³/mol. The van der Waals surface area contributed by atoms with Crippen LogP contribution in [0.5, 0.6) is 11.5 Å². The number of methoxy groups -OCH3 is 2. The minimum Gasteiger partial charge on any atom is -0.497 e. The molecular formula is C27H39ClFNO5Si. The Balaban J connectivity index is 2.19. The van der Waals surface area contributed by atoms with Gasteiger partial charge in [-0.05, 0) is 67.0 Å². The van der Waals surface area contributed by atoms with E-state index in [9.17, 15) is 9.18 Å². The Morgan fingerprint density at radius 3 is 2.28 bits per heavy atom. The van der Waals surface area contributed by atoms with E-state index < -0.39 is 14.1 Å². The van der Waals surface area contributed by atoms with Crippen molar-refractivity contribution in [1.82, 2.24) is 5.32 Å². The largest absolute Gasteiger partial charge is 0.497 e. The van der Waals surface area contributed by atoms with Crippen LogP contribution in [-0.2, 0) is 20.6 Å². The number of hydrogen-bond acceptors (Lipinski definition) is 6. The molecule has 36 heavy (non-hydrogen) atoms. The molecule has 0 saturated heterocycles. The van der Waals surface area contributed by atoms with E-state index in [1.807, 2.05) is 6.92 Å². The van der Waals surface area contributed by atoms with Gasteiger partial charge in [-0.3, -0.25) is 4.79 Å². The maximum atomic E-state index is 14.3. The molecule has 6 nitrogen and oxygen atoms in total. The normalized spacial score (nSPS) is 13.7. The van der Waals surface area contributed by atoms with Crippen molar-refractivity contribution in [2.45, 2.75) is 71.0 Å². The molecule has 0 fully saturated rings. The van der Waals surface area contributed by atoms with Crippen LogP contribution in [0.2, 0.25) is 23.2 Å². The van der Waals surface area contributed by atoms with Crippen LogP contribution in [0.4, 0.5) is 4.39 Å². The molecule has 2 aromatic carbocycles. The molecule has 0 aliphatic rings. The molecule has 0 bridgehead atoms. The average Bonchev–Trinajstić information content (AvgIpc) is 2.80. The summed E-state index contributed by atoms with van der Waals surface area (Å²) in [6.45, 7) is 13.2. The fourth-order valence-corrected chi connectivity index (χ4v) is 5.05. The lowest BCUT2D eigenvalue weighted by atomic mass is 10.0. The van der Waals surface area contributed by atoms with Gasteiger partial charge in [0.2, 0.25) is 0 Å². The summed E-state index contributed by atoms with van der Waals surface area (Å²) in [5.41, 5.74) is 1.36. The third-order valence-electron chi connectivity index (χ3n) is 6.65. The Morgan fingerprint density at radius 1 is 1.11 bits per heavy atom. The number of halogens is 2. The summed E-state index contributed by atoms with van der Waals surface area (Å²) in [5, 5.41) is 3.67. The molecule has 0 spiro atoms. The van der Waals surface area contributed by atoms with Crippen LogP contribution < -0.4 is 14.8 Å². The zero-order chi connectivity index (χ0) is 27.1. The summed E-state index contributed by atoms with van der Waals surface area (Å²) in [7, 11) is 0.823. The molecule has 0 aromatic heterocycles. The minimum atomic E-state index is -2.14. The number of esters is 1. The lowest BCUT2D eigenvalue weighted by Gasteiger charge is -2.39. The van der Waals surface area contributed by atoms with Gasteiger partial charge >= 0.3 is 5.97 Å². The fraction of sp³-hybridized carbons (Fsp3) is 0.519. The summed E-state index contributed by atoms with van der Waals surface area (Å²) in [6, 6.07) is 9.66. The van der Waals surface area contributed by atoms with Crippen LogP contribution in [0, 0.1) is 5.82 Å². The van der Waals surface area contributed by atoms with Crippen LogP contribution in [0.1, 0.15) is 51.3 Å². The zero-order valence-electron chi connectivity index (χ0n) is 22.5. The molecular weight excluding hydrogens is 501 g/mol. The van der Waals surface area contributed by atoms with Gasteiger partial charge in [-0.15, -0.1) is 0 Å². The molecule has 0 unspecified atom stereocenters. The van der Waals surface area contributed by atoms with Crippen LogP contribution in [0.3, 0.4) is 0 Å². The molecule has 2 aromatic rings. The summed E-state index contributed by atoms with van der Waals surface area (Å²) in [4.78, 5) is 12.1. The minimum absolute atomic E-state index is 0.0188. The summed E-state index contributed by atoms with van der Waals surface area (Å²) in [5.74, 6) is 0.599. The maximum absolute atomic E-state index is 14.3. The second-order valence-electron chi connectivity index (χ2n) is 10.3. The molecule has 0 radical (unpaired) electrons. The third-order valence-corrected chi connectivity index (χ3v) is 11.5. The molecule has 2 rings (SSSR count). The van der Waals surface area contributed by atoms with Crippen molar-refractivity contribution in [3.8, 4) is 11.5 Å². The van der Waals surface area contributed by atoms with E-state index in [2.05, 4.69) is 39.2 Å². The van der Waals surface area contributed by atoms with Crippen molar-refractivity contribution < 1.29 is 27.8 Å². The van der Waals surface area contributed by atoms with E-state index in [0.717, 1.165) is 5.75 Å². The number of ether oxygens (including phenoxy) is 3. The van der Waals surface area contributed by atoms with Gasteiger partial charge in [-0.1, -0.05) is 32.4 Å². The second kappa shape index (κ2) is 12.9. The molecule has 0 heterocycles. The number of hydrogen-bond donors (Lipinski definition) is 1. The van der Waals surface area contributed by atoms with Gasteiger partial charge < -0.3 is 24.0 Å². The van der Waals surface area contributed by atoms with Gasteiger partial charge in [0, 0.05) is 18.2 Å². The van der Waals surface area contributed by atoms with E-state index in [1.165, 1.54) is 19.2 Å². The van der Waals surface area contributed by atoms with Crippen LogP contribution in [0.25, 0.3) is 0 Å². The third kappa shape index (κ3) is 8.47.